The molecule has 0 radical (unpaired) electrons. The van der Waals surface area contributed by atoms with Crippen LogP contribution in [0.5, 0.6) is 0 Å². The van der Waals surface area contributed by atoms with Gasteiger partial charge in [-0.2, -0.15) is 0 Å². The smallest absolute Gasteiger partial charge is 0.170 e. The molecule has 0 bridgehead atoms. The summed E-state index contributed by atoms with van der Waals surface area (Å²) in [6.07, 6.45) is 5.07. The number of ketones is 1. The van der Waals surface area contributed by atoms with E-state index >= 15 is 0 Å². The normalized spacial score (nSPS) is 13.8. The van der Waals surface area contributed by atoms with Crippen molar-refractivity contribution in [3.8, 4) is 0 Å². The fourth-order valence-electron chi connectivity index (χ4n) is 4.07. The number of aryl methyl sites for hydroxylation is 2. The molecule has 1 aliphatic heterocycles. The number of carbonyl (C=O) groups is 1. The minimum atomic E-state index is 0.149. The van der Waals surface area contributed by atoms with Gasteiger partial charge in [0.15, 0.2) is 5.78 Å². The summed E-state index contributed by atoms with van der Waals surface area (Å²) in [4.78, 5) is 20.0. The first-order chi connectivity index (χ1) is 13.4. The summed E-state index contributed by atoms with van der Waals surface area (Å²) >= 11 is 6.41. The molecule has 0 spiro atoms. The standard InChI is InChI=1S/C23H30ClN3O/c1-5-7-17(8-6-2)27-12-11-21(28)22-20(27)14-16(4)25-23(22)26-19-10-9-15(3)13-18(19)24/h9-10,13-14,17H,5-8,11-12H2,1-4H3,(H,25,26). The number of aromatic nitrogens is 1. The SMILES string of the molecule is CCCC(CCC)N1CCC(=O)c2c1cc(C)nc2Nc1ccc(C)cc1Cl. The number of hydrogen-bond acceptors (Lipinski definition) is 4. The van der Waals surface area contributed by atoms with Crippen molar-refractivity contribution in [3.63, 3.8) is 0 Å². The fraction of sp³-hybridized carbons (Fsp3) is 0.478. The van der Waals surface area contributed by atoms with E-state index in [2.05, 4.69) is 35.1 Å². The highest BCUT2D eigenvalue weighted by Crippen LogP contribution is 2.37. The van der Waals surface area contributed by atoms with Gasteiger partial charge in [0.05, 0.1) is 22.0 Å². The minimum absolute atomic E-state index is 0.149. The van der Waals surface area contributed by atoms with E-state index in [1.165, 1.54) is 0 Å². The average molecular weight is 400 g/mol. The molecule has 0 atom stereocenters. The lowest BCUT2D eigenvalue weighted by Gasteiger charge is -2.38. The van der Waals surface area contributed by atoms with Crippen LogP contribution in [0.15, 0.2) is 24.3 Å². The minimum Gasteiger partial charge on any atom is -0.367 e. The number of fused-ring (bicyclic) bond motifs is 1. The third-order valence-corrected chi connectivity index (χ3v) is 5.67. The monoisotopic (exact) mass is 399 g/mol. The van der Waals surface area contributed by atoms with Gasteiger partial charge in [0.2, 0.25) is 0 Å². The van der Waals surface area contributed by atoms with Gasteiger partial charge in [0, 0.05) is 24.7 Å². The summed E-state index contributed by atoms with van der Waals surface area (Å²) in [5.41, 5.74) is 4.48. The zero-order valence-corrected chi connectivity index (χ0v) is 18.1. The predicted molar refractivity (Wildman–Crippen MR) is 118 cm³/mol. The van der Waals surface area contributed by atoms with Crippen LogP contribution in [0.3, 0.4) is 0 Å². The zero-order valence-electron chi connectivity index (χ0n) is 17.3. The summed E-state index contributed by atoms with van der Waals surface area (Å²) in [6.45, 7) is 9.22. The maximum atomic E-state index is 12.9. The van der Waals surface area contributed by atoms with Crippen molar-refractivity contribution in [1.29, 1.82) is 0 Å². The molecule has 3 rings (SSSR count). The first-order valence-electron chi connectivity index (χ1n) is 10.3. The largest absolute Gasteiger partial charge is 0.367 e. The van der Waals surface area contributed by atoms with Crippen LogP contribution in [0.25, 0.3) is 0 Å². The van der Waals surface area contributed by atoms with Gasteiger partial charge < -0.3 is 10.2 Å². The van der Waals surface area contributed by atoms with E-state index in [9.17, 15) is 4.79 Å². The third-order valence-electron chi connectivity index (χ3n) is 5.36. The maximum absolute atomic E-state index is 12.9. The van der Waals surface area contributed by atoms with Crippen molar-refractivity contribution in [2.24, 2.45) is 0 Å². The van der Waals surface area contributed by atoms with Gasteiger partial charge in [-0.15, -0.1) is 0 Å². The van der Waals surface area contributed by atoms with Crippen molar-refractivity contribution in [2.75, 3.05) is 16.8 Å². The van der Waals surface area contributed by atoms with Crippen molar-refractivity contribution < 1.29 is 4.79 Å². The highest BCUT2D eigenvalue weighted by molar-refractivity contribution is 6.33. The van der Waals surface area contributed by atoms with Gasteiger partial charge >= 0.3 is 0 Å². The van der Waals surface area contributed by atoms with E-state index in [-0.39, 0.29) is 5.78 Å². The lowest BCUT2D eigenvalue weighted by atomic mass is 9.95. The van der Waals surface area contributed by atoms with Crippen LogP contribution in [0, 0.1) is 13.8 Å². The van der Waals surface area contributed by atoms with Crippen LogP contribution in [0.2, 0.25) is 5.02 Å². The Balaban J connectivity index is 2.05. The van der Waals surface area contributed by atoms with E-state index in [0.29, 0.717) is 28.9 Å². The van der Waals surface area contributed by atoms with Gasteiger partial charge in [-0.25, -0.2) is 4.98 Å². The molecule has 0 fully saturated rings. The maximum Gasteiger partial charge on any atom is 0.170 e. The Labute approximate surface area is 173 Å². The Morgan fingerprint density at radius 1 is 1.18 bits per heavy atom. The van der Waals surface area contributed by atoms with Crippen molar-refractivity contribution in [2.45, 2.75) is 65.8 Å². The molecule has 150 valence electrons. The molecule has 0 amide bonds. The number of anilines is 3. The number of halogens is 1. The molecule has 2 aromatic rings. The molecule has 0 saturated carbocycles. The van der Waals surface area contributed by atoms with Gasteiger partial charge in [-0.3, -0.25) is 4.79 Å². The quantitative estimate of drug-likeness (QED) is 0.580. The molecular formula is C23H30ClN3O. The Morgan fingerprint density at radius 2 is 1.89 bits per heavy atom. The van der Waals surface area contributed by atoms with Gasteiger partial charge in [0.25, 0.3) is 0 Å². The number of hydrogen-bond donors (Lipinski definition) is 1. The molecular weight excluding hydrogens is 370 g/mol. The number of pyridine rings is 1. The second kappa shape index (κ2) is 8.95. The van der Waals surface area contributed by atoms with E-state index in [0.717, 1.165) is 54.9 Å². The van der Waals surface area contributed by atoms with E-state index < -0.39 is 0 Å². The Kier molecular flexibility index (Phi) is 6.61. The second-order valence-corrected chi connectivity index (χ2v) is 8.12. The predicted octanol–water partition coefficient (Wildman–Crippen LogP) is 6.46. The first-order valence-corrected chi connectivity index (χ1v) is 10.7. The van der Waals surface area contributed by atoms with Crippen LogP contribution in [-0.4, -0.2) is 23.4 Å². The number of carbonyl (C=O) groups excluding carboxylic acids is 1. The van der Waals surface area contributed by atoms with Crippen molar-refractivity contribution in [3.05, 3.63) is 46.1 Å². The average Bonchev–Trinajstić information content (AvgIpc) is 2.64. The van der Waals surface area contributed by atoms with E-state index in [4.69, 9.17) is 11.6 Å². The lowest BCUT2D eigenvalue weighted by Crippen LogP contribution is -2.41. The van der Waals surface area contributed by atoms with Crippen LogP contribution in [-0.2, 0) is 0 Å². The molecule has 28 heavy (non-hydrogen) atoms. The third kappa shape index (κ3) is 4.33. The summed E-state index contributed by atoms with van der Waals surface area (Å²) < 4.78 is 0. The lowest BCUT2D eigenvalue weighted by molar-refractivity contribution is 0.0979. The summed E-state index contributed by atoms with van der Waals surface area (Å²) in [6, 6.07) is 8.38. The number of Topliss-reactive ketones (excluding diaryl/α,β-unsaturated/α-hetero) is 1. The molecule has 0 saturated heterocycles. The Morgan fingerprint density at radius 3 is 2.54 bits per heavy atom. The van der Waals surface area contributed by atoms with Crippen molar-refractivity contribution in [1.82, 2.24) is 4.98 Å². The number of nitrogens with zero attached hydrogens (tertiary/aromatic N) is 2. The fourth-order valence-corrected chi connectivity index (χ4v) is 4.35. The molecule has 1 aromatic heterocycles. The topological polar surface area (TPSA) is 45.2 Å². The molecule has 0 aliphatic carbocycles. The highest BCUT2D eigenvalue weighted by atomic mass is 35.5. The number of rotatable bonds is 7. The van der Waals surface area contributed by atoms with Crippen molar-refractivity contribution >= 4 is 34.6 Å². The zero-order chi connectivity index (χ0) is 20.3. The van der Waals surface area contributed by atoms with Crippen LogP contribution in [0.1, 0.15) is 67.6 Å². The molecule has 1 aliphatic rings. The van der Waals surface area contributed by atoms with Gasteiger partial charge in [0.1, 0.15) is 5.82 Å². The van der Waals surface area contributed by atoms with Crippen LogP contribution >= 0.6 is 11.6 Å². The van der Waals surface area contributed by atoms with Gasteiger partial charge in [-0.1, -0.05) is 44.4 Å². The Hall–Kier alpha value is -2.07. The molecule has 5 heteroatoms. The summed E-state index contributed by atoms with van der Waals surface area (Å²) in [5.74, 6) is 0.762. The van der Waals surface area contributed by atoms with Gasteiger partial charge in [-0.05, 0) is 50.5 Å². The molecule has 4 nitrogen and oxygen atoms in total. The summed E-state index contributed by atoms with van der Waals surface area (Å²) in [7, 11) is 0. The van der Waals surface area contributed by atoms with E-state index in [1.54, 1.807) is 0 Å². The highest BCUT2D eigenvalue weighted by Gasteiger charge is 2.31. The molecule has 1 N–H and O–H groups in total. The number of benzene rings is 1. The van der Waals surface area contributed by atoms with Crippen LogP contribution in [0.4, 0.5) is 17.2 Å². The summed E-state index contributed by atoms with van der Waals surface area (Å²) in [5, 5.41) is 3.96. The second-order valence-electron chi connectivity index (χ2n) is 7.71. The van der Waals surface area contributed by atoms with E-state index in [1.807, 2.05) is 32.0 Å². The first kappa shape index (κ1) is 20.7. The molecule has 0 unspecified atom stereocenters. The number of nitrogens with one attached hydrogen (secondary N) is 1. The Bertz CT molecular complexity index is 859. The molecule has 1 aromatic carbocycles. The molecule has 2 heterocycles. The van der Waals surface area contributed by atoms with Crippen LogP contribution < -0.4 is 10.2 Å².